The van der Waals surface area contributed by atoms with Crippen molar-refractivity contribution in [1.29, 1.82) is 0 Å². The van der Waals surface area contributed by atoms with Crippen molar-refractivity contribution in [3.05, 3.63) is 82.9 Å². The van der Waals surface area contributed by atoms with Gasteiger partial charge in [-0.1, -0.05) is 41.9 Å². The fourth-order valence-corrected chi connectivity index (χ4v) is 5.98. The van der Waals surface area contributed by atoms with Crippen molar-refractivity contribution in [1.82, 2.24) is 9.27 Å². The first kappa shape index (κ1) is 26.4. The van der Waals surface area contributed by atoms with E-state index in [1.165, 1.54) is 15.6 Å². The van der Waals surface area contributed by atoms with E-state index in [4.69, 9.17) is 16.0 Å². The van der Waals surface area contributed by atoms with Crippen LogP contribution in [0.15, 0.2) is 66.7 Å². The number of benzene rings is 3. The van der Waals surface area contributed by atoms with Crippen LogP contribution in [0.3, 0.4) is 0 Å². The molecule has 9 heteroatoms. The van der Waals surface area contributed by atoms with Crippen molar-refractivity contribution >= 4 is 68.7 Å². The van der Waals surface area contributed by atoms with E-state index in [1.54, 1.807) is 16.4 Å². The van der Waals surface area contributed by atoms with Crippen molar-refractivity contribution < 1.29 is 10.3 Å². The van der Waals surface area contributed by atoms with Crippen LogP contribution in [0, 0.1) is 0 Å². The number of aromatic nitrogens is 1. The molecule has 0 atom stereocenters. The van der Waals surface area contributed by atoms with Crippen LogP contribution in [0.4, 0.5) is 17.2 Å². The van der Waals surface area contributed by atoms with E-state index in [0.717, 1.165) is 61.9 Å². The Kier molecular flexibility index (Phi) is 8.17. The van der Waals surface area contributed by atoms with Gasteiger partial charge >= 0.3 is 0 Å². The number of anilines is 3. The fraction of sp³-hybridized carbons (Fsp3) is 0.259. The summed E-state index contributed by atoms with van der Waals surface area (Å²) in [5.41, 5.74) is 4.19. The van der Waals surface area contributed by atoms with Gasteiger partial charge in [0.2, 0.25) is 5.91 Å². The highest BCUT2D eigenvalue weighted by Crippen LogP contribution is 2.37. The zero-order chi connectivity index (χ0) is 23.1. The number of carbonyl (C=O) groups is 1. The van der Waals surface area contributed by atoms with Gasteiger partial charge in [-0.3, -0.25) is 14.6 Å². The van der Waals surface area contributed by atoms with Crippen LogP contribution < -0.4 is 9.80 Å². The Morgan fingerprint density at radius 3 is 2.56 bits per heavy atom. The van der Waals surface area contributed by atoms with Crippen molar-refractivity contribution in [2.24, 2.45) is 0 Å². The fourth-order valence-electron chi connectivity index (χ4n) is 5.00. The van der Waals surface area contributed by atoms with Crippen molar-refractivity contribution in [3.8, 4) is 0 Å². The van der Waals surface area contributed by atoms with Gasteiger partial charge in [0.15, 0.2) is 0 Å². The Labute approximate surface area is 226 Å². The largest absolute Gasteiger partial charge is 0.412 e. The van der Waals surface area contributed by atoms with Crippen LogP contribution in [0.5, 0.6) is 0 Å². The smallest absolute Gasteiger partial charge is 0.236 e. The van der Waals surface area contributed by atoms with Gasteiger partial charge in [-0.2, -0.15) is 4.37 Å². The number of amides is 1. The van der Waals surface area contributed by atoms with E-state index in [9.17, 15) is 4.79 Å². The molecule has 0 bridgehead atoms. The predicted molar refractivity (Wildman–Crippen MR) is 152 cm³/mol. The monoisotopic (exact) mass is 542 g/mol. The molecule has 2 aliphatic heterocycles. The zero-order valence-electron chi connectivity index (χ0n) is 19.7. The minimum absolute atomic E-state index is 0. The lowest BCUT2D eigenvalue weighted by Crippen LogP contribution is -2.47. The molecule has 0 spiro atoms. The highest BCUT2D eigenvalue weighted by atomic mass is 35.5. The summed E-state index contributed by atoms with van der Waals surface area (Å²) >= 11 is 7.74. The van der Waals surface area contributed by atoms with E-state index >= 15 is 0 Å². The molecule has 3 aromatic carbocycles. The average Bonchev–Trinajstić information content (AvgIpc) is 3.43. The highest BCUT2D eigenvalue weighted by Gasteiger charge is 2.29. The molecule has 6 rings (SSSR count). The first-order chi connectivity index (χ1) is 16.7. The second kappa shape index (κ2) is 11.2. The van der Waals surface area contributed by atoms with Crippen LogP contribution in [0.25, 0.3) is 10.1 Å². The normalized spacial score (nSPS) is 15.5. The van der Waals surface area contributed by atoms with Gasteiger partial charge in [-0.15, -0.1) is 12.4 Å². The van der Waals surface area contributed by atoms with E-state index in [1.807, 2.05) is 24.3 Å². The van der Waals surface area contributed by atoms with E-state index < -0.39 is 0 Å². The van der Waals surface area contributed by atoms with Crippen LogP contribution >= 0.6 is 35.5 Å². The van der Waals surface area contributed by atoms with Gasteiger partial charge in [0.25, 0.3) is 0 Å². The van der Waals surface area contributed by atoms with Gasteiger partial charge < -0.3 is 10.4 Å². The van der Waals surface area contributed by atoms with Crippen LogP contribution in [-0.2, 0) is 17.6 Å². The Bertz CT molecular complexity index is 1370. The number of carbonyl (C=O) groups excluding carboxylic acids is 1. The minimum Gasteiger partial charge on any atom is -0.412 e. The molecular formula is C27H28Cl2N4O2S. The maximum absolute atomic E-state index is 12.7. The number of rotatable bonds is 5. The second-order valence-corrected chi connectivity index (χ2v) is 10.2. The molecule has 1 aromatic heterocycles. The number of hydrogen-bond donors (Lipinski definition) is 0. The maximum Gasteiger partial charge on any atom is 0.236 e. The summed E-state index contributed by atoms with van der Waals surface area (Å²) in [6.45, 7) is 5.11. The van der Waals surface area contributed by atoms with Gasteiger partial charge in [-0.25, -0.2) is 0 Å². The van der Waals surface area contributed by atoms with Gasteiger partial charge in [0.1, 0.15) is 5.82 Å². The topological polar surface area (TPSA) is 71.2 Å². The molecule has 0 unspecified atom stereocenters. The van der Waals surface area contributed by atoms with E-state index in [-0.39, 0.29) is 23.8 Å². The Balaban J connectivity index is 0.00000152. The summed E-state index contributed by atoms with van der Waals surface area (Å²) < 4.78 is 5.97. The highest BCUT2D eigenvalue weighted by molar-refractivity contribution is 7.13. The molecule has 1 saturated heterocycles. The molecule has 4 aromatic rings. The molecule has 188 valence electrons. The van der Waals surface area contributed by atoms with Gasteiger partial charge in [-0.05, 0) is 65.5 Å². The Morgan fingerprint density at radius 2 is 1.75 bits per heavy atom. The molecule has 0 saturated carbocycles. The summed E-state index contributed by atoms with van der Waals surface area (Å²) in [6, 6.07) is 22.4. The van der Waals surface area contributed by atoms with Crippen molar-refractivity contribution in [2.75, 3.05) is 42.5 Å². The molecule has 0 radical (unpaired) electrons. The minimum atomic E-state index is 0. The lowest BCUT2D eigenvalue weighted by Gasteiger charge is -2.35. The summed E-state index contributed by atoms with van der Waals surface area (Å²) in [7, 11) is 0. The summed E-state index contributed by atoms with van der Waals surface area (Å²) in [6.07, 6.45) is 1.42. The predicted octanol–water partition coefficient (Wildman–Crippen LogP) is 5.13. The molecule has 6 nitrogen and oxygen atoms in total. The molecule has 36 heavy (non-hydrogen) atoms. The van der Waals surface area contributed by atoms with Gasteiger partial charge in [0, 0.05) is 43.1 Å². The summed E-state index contributed by atoms with van der Waals surface area (Å²) in [5.74, 6) is 1.23. The zero-order valence-corrected chi connectivity index (χ0v) is 22.1. The maximum atomic E-state index is 12.7. The lowest BCUT2D eigenvalue weighted by atomic mass is 10.1. The molecule has 3 heterocycles. The molecule has 0 aliphatic carbocycles. The second-order valence-electron chi connectivity index (χ2n) is 8.93. The average molecular weight is 544 g/mol. The summed E-state index contributed by atoms with van der Waals surface area (Å²) in [4.78, 5) is 19.5. The third-order valence-corrected chi connectivity index (χ3v) is 7.84. The molecule has 2 N–H and O–H groups in total. The van der Waals surface area contributed by atoms with Gasteiger partial charge in [0.05, 0.1) is 22.5 Å². The third-order valence-electron chi connectivity index (χ3n) is 6.79. The molecule has 2 aliphatic rings. The summed E-state index contributed by atoms with van der Waals surface area (Å²) in [5, 5.41) is 1.90. The van der Waals surface area contributed by atoms with Crippen LogP contribution in [0.1, 0.15) is 11.1 Å². The SMILES string of the molecule is Cl.O.O=C1Cc2cc(CCN3CCN(c4nsc5ccccc45)CC3)ccc2N1c1cccc(Cl)c1. The number of nitrogens with zero attached hydrogens (tertiary/aromatic N) is 4. The van der Waals surface area contributed by atoms with Crippen molar-refractivity contribution in [3.63, 3.8) is 0 Å². The van der Waals surface area contributed by atoms with E-state index in [2.05, 4.69) is 52.3 Å². The van der Waals surface area contributed by atoms with Crippen molar-refractivity contribution in [2.45, 2.75) is 12.8 Å². The quantitative estimate of drug-likeness (QED) is 0.350. The Morgan fingerprint density at radius 1 is 0.944 bits per heavy atom. The lowest BCUT2D eigenvalue weighted by molar-refractivity contribution is -0.116. The number of halogens is 2. The third kappa shape index (κ3) is 5.08. The number of fused-ring (bicyclic) bond motifs is 2. The van der Waals surface area contributed by atoms with E-state index in [0.29, 0.717) is 11.4 Å². The first-order valence-electron chi connectivity index (χ1n) is 11.7. The first-order valence-corrected chi connectivity index (χ1v) is 12.8. The number of piperazine rings is 1. The van der Waals surface area contributed by atoms with Crippen LogP contribution in [-0.4, -0.2) is 53.4 Å². The van der Waals surface area contributed by atoms with Crippen LogP contribution in [0.2, 0.25) is 5.02 Å². The molecule has 1 fully saturated rings. The molecular weight excluding hydrogens is 515 g/mol. The standard InChI is InChI=1S/C27H25ClN4OS.ClH.H2O/c28-21-4-3-5-22(18-21)32-24-9-8-19(16-20(24)17-26(32)33)10-11-30-12-14-31(15-13-30)27-23-6-1-2-7-25(23)34-29-27;;/h1-9,16,18H,10-15,17H2;1H;1H2. The number of hydrogen-bond acceptors (Lipinski definition) is 5. The molecule has 1 amide bonds. The Hall–Kier alpha value is -2.68.